The van der Waals surface area contributed by atoms with Gasteiger partial charge in [0.15, 0.2) is 0 Å². The Morgan fingerprint density at radius 3 is 2.39 bits per heavy atom. The smallest absolute Gasteiger partial charge is 0.255 e. The van der Waals surface area contributed by atoms with Crippen LogP contribution in [0.4, 0.5) is 4.39 Å². The minimum atomic E-state index is -0.291. The zero-order valence-electron chi connectivity index (χ0n) is 15.5. The summed E-state index contributed by atoms with van der Waals surface area (Å²) in [5, 5.41) is 6.33. The maximum absolute atomic E-state index is 13.3. The largest absolute Gasteiger partial charge is 0.338 e. The van der Waals surface area contributed by atoms with E-state index >= 15 is 0 Å². The third kappa shape index (κ3) is 4.21. The molecule has 146 valence electrons. The molecule has 0 saturated carbocycles. The molecule has 0 aliphatic carbocycles. The Kier molecular flexibility index (Phi) is 6.37. The number of likely N-dealkylation sites (tertiary alicyclic amines) is 1. The summed E-state index contributed by atoms with van der Waals surface area (Å²) in [5.74, 6) is -0.425. The SMILES string of the molecule is C=NN(C)C(=C1CCN(C(=O)c2cccc(Cl)c2Cl)CC1)c1ccc(F)cc1. The van der Waals surface area contributed by atoms with E-state index in [1.165, 1.54) is 12.1 Å². The second kappa shape index (κ2) is 8.76. The number of carbonyl (C=O) groups excluding carboxylic acids is 1. The molecule has 1 aliphatic rings. The fourth-order valence-corrected chi connectivity index (χ4v) is 3.74. The maximum Gasteiger partial charge on any atom is 0.255 e. The number of amides is 1. The molecule has 0 bridgehead atoms. The Morgan fingerprint density at radius 2 is 1.79 bits per heavy atom. The van der Waals surface area contributed by atoms with Gasteiger partial charge < -0.3 is 4.90 Å². The number of hydrogen-bond acceptors (Lipinski definition) is 3. The minimum Gasteiger partial charge on any atom is -0.338 e. The van der Waals surface area contributed by atoms with E-state index in [1.54, 1.807) is 40.2 Å². The van der Waals surface area contributed by atoms with E-state index in [1.807, 2.05) is 7.05 Å². The number of halogens is 3. The van der Waals surface area contributed by atoms with Gasteiger partial charge >= 0.3 is 0 Å². The molecule has 0 unspecified atom stereocenters. The average Bonchev–Trinajstić information content (AvgIpc) is 2.71. The first-order valence-corrected chi connectivity index (χ1v) is 9.59. The van der Waals surface area contributed by atoms with Crippen molar-refractivity contribution < 1.29 is 9.18 Å². The van der Waals surface area contributed by atoms with Crippen LogP contribution in [0.1, 0.15) is 28.8 Å². The molecule has 28 heavy (non-hydrogen) atoms. The van der Waals surface area contributed by atoms with Crippen LogP contribution in [0.2, 0.25) is 10.0 Å². The lowest BCUT2D eigenvalue weighted by Crippen LogP contribution is -2.37. The van der Waals surface area contributed by atoms with Crippen molar-refractivity contribution in [3.05, 3.63) is 75.0 Å². The molecule has 0 spiro atoms. The molecule has 0 N–H and O–H groups in total. The maximum atomic E-state index is 13.3. The summed E-state index contributed by atoms with van der Waals surface area (Å²) in [6, 6.07) is 11.4. The highest BCUT2D eigenvalue weighted by atomic mass is 35.5. The van der Waals surface area contributed by atoms with Crippen LogP contribution in [0.25, 0.3) is 5.70 Å². The standard InChI is InChI=1S/C21H20Cl2FN3O/c1-25-26(2)20(14-6-8-16(24)9-7-14)15-10-12-27(13-11-15)21(28)17-4-3-5-18(22)19(17)23/h3-9H,1,10-13H2,2H3. The number of rotatable bonds is 4. The van der Waals surface area contributed by atoms with Crippen molar-refractivity contribution in [1.29, 1.82) is 0 Å². The van der Waals surface area contributed by atoms with Gasteiger partial charge in [-0.2, -0.15) is 5.10 Å². The second-order valence-electron chi connectivity index (χ2n) is 6.52. The highest BCUT2D eigenvalue weighted by Gasteiger charge is 2.25. The molecule has 4 nitrogen and oxygen atoms in total. The Morgan fingerprint density at radius 1 is 1.14 bits per heavy atom. The molecule has 1 saturated heterocycles. The molecular weight excluding hydrogens is 400 g/mol. The number of benzene rings is 2. The molecule has 0 radical (unpaired) electrons. The van der Waals surface area contributed by atoms with Crippen molar-refractivity contribution in [3.63, 3.8) is 0 Å². The van der Waals surface area contributed by atoms with Gasteiger partial charge in [0.25, 0.3) is 5.91 Å². The van der Waals surface area contributed by atoms with Crippen LogP contribution in [0.3, 0.4) is 0 Å². The van der Waals surface area contributed by atoms with Gasteiger partial charge in [0, 0.05) is 26.9 Å². The van der Waals surface area contributed by atoms with Gasteiger partial charge in [-0.1, -0.05) is 29.3 Å². The van der Waals surface area contributed by atoms with Crippen LogP contribution in [-0.2, 0) is 0 Å². The molecule has 7 heteroatoms. The summed E-state index contributed by atoms with van der Waals surface area (Å²) in [5.41, 5.74) is 3.31. The van der Waals surface area contributed by atoms with E-state index in [-0.39, 0.29) is 16.7 Å². The molecule has 2 aromatic carbocycles. The van der Waals surface area contributed by atoms with Crippen LogP contribution in [0.5, 0.6) is 0 Å². The molecule has 0 atom stereocenters. The fourth-order valence-electron chi connectivity index (χ4n) is 3.35. The lowest BCUT2D eigenvalue weighted by atomic mass is 9.97. The van der Waals surface area contributed by atoms with Crippen LogP contribution in [0, 0.1) is 5.82 Å². The molecule has 1 fully saturated rings. The van der Waals surface area contributed by atoms with E-state index in [9.17, 15) is 9.18 Å². The molecule has 1 aliphatic heterocycles. The summed E-state index contributed by atoms with van der Waals surface area (Å²) in [6.07, 6.45) is 1.35. The summed E-state index contributed by atoms with van der Waals surface area (Å²) in [7, 11) is 1.81. The summed E-state index contributed by atoms with van der Waals surface area (Å²) in [4.78, 5) is 14.6. The molecular formula is C21H20Cl2FN3O. The number of hydrazone groups is 1. The molecule has 2 aromatic rings. The molecule has 1 amide bonds. The Balaban J connectivity index is 1.83. The Labute approximate surface area is 173 Å². The lowest BCUT2D eigenvalue weighted by Gasteiger charge is -2.31. The molecule has 0 aromatic heterocycles. The summed E-state index contributed by atoms with van der Waals surface area (Å²) < 4.78 is 13.3. The van der Waals surface area contributed by atoms with Crippen LogP contribution in [-0.4, -0.2) is 42.7 Å². The summed E-state index contributed by atoms with van der Waals surface area (Å²) in [6.45, 7) is 4.69. The van der Waals surface area contributed by atoms with Gasteiger partial charge in [-0.3, -0.25) is 9.80 Å². The predicted molar refractivity (Wildman–Crippen MR) is 112 cm³/mol. The zero-order chi connectivity index (χ0) is 20.3. The lowest BCUT2D eigenvalue weighted by molar-refractivity contribution is 0.0743. The fraction of sp³-hybridized carbons (Fsp3) is 0.238. The Bertz CT molecular complexity index is 918. The van der Waals surface area contributed by atoms with Crippen LogP contribution < -0.4 is 0 Å². The molecule has 1 heterocycles. The monoisotopic (exact) mass is 419 g/mol. The van der Waals surface area contributed by atoms with Gasteiger partial charge in [0.2, 0.25) is 0 Å². The first-order valence-electron chi connectivity index (χ1n) is 8.84. The highest BCUT2D eigenvalue weighted by molar-refractivity contribution is 6.43. The predicted octanol–water partition coefficient (Wildman–Crippen LogP) is 5.33. The van der Waals surface area contributed by atoms with E-state index in [2.05, 4.69) is 11.8 Å². The van der Waals surface area contributed by atoms with Crippen LogP contribution >= 0.6 is 23.2 Å². The van der Waals surface area contributed by atoms with Crippen molar-refractivity contribution >= 4 is 41.5 Å². The minimum absolute atomic E-state index is 0.134. The van der Waals surface area contributed by atoms with E-state index < -0.39 is 0 Å². The van der Waals surface area contributed by atoms with Gasteiger partial charge in [-0.15, -0.1) is 0 Å². The number of carbonyl (C=O) groups is 1. The van der Waals surface area contributed by atoms with Gasteiger partial charge in [0.1, 0.15) is 5.82 Å². The van der Waals surface area contributed by atoms with E-state index in [0.29, 0.717) is 36.5 Å². The van der Waals surface area contributed by atoms with Crippen LogP contribution in [0.15, 0.2) is 53.1 Å². The van der Waals surface area contributed by atoms with Crippen molar-refractivity contribution in [2.75, 3.05) is 20.1 Å². The first kappa shape index (κ1) is 20.4. The Hall–Kier alpha value is -2.37. The third-order valence-corrected chi connectivity index (χ3v) is 5.64. The second-order valence-corrected chi connectivity index (χ2v) is 7.30. The normalized spacial score (nSPS) is 14.0. The van der Waals surface area contributed by atoms with Crippen molar-refractivity contribution in [3.8, 4) is 0 Å². The first-order chi connectivity index (χ1) is 13.4. The quantitative estimate of drug-likeness (QED) is 0.495. The van der Waals surface area contributed by atoms with Gasteiger partial charge in [0.05, 0.1) is 21.3 Å². The van der Waals surface area contributed by atoms with Crippen molar-refractivity contribution in [2.45, 2.75) is 12.8 Å². The van der Waals surface area contributed by atoms with Crippen molar-refractivity contribution in [2.24, 2.45) is 5.10 Å². The van der Waals surface area contributed by atoms with E-state index in [0.717, 1.165) is 16.8 Å². The highest BCUT2D eigenvalue weighted by Crippen LogP contribution is 2.31. The van der Waals surface area contributed by atoms with E-state index in [4.69, 9.17) is 23.2 Å². The third-order valence-electron chi connectivity index (χ3n) is 4.82. The summed E-state index contributed by atoms with van der Waals surface area (Å²) >= 11 is 12.2. The number of nitrogens with zero attached hydrogens (tertiary/aromatic N) is 3. The molecule has 3 rings (SSSR count). The van der Waals surface area contributed by atoms with Gasteiger partial charge in [-0.25, -0.2) is 4.39 Å². The average molecular weight is 420 g/mol. The number of hydrogen-bond donors (Lipinski definition) is 0. The van der Waals surface area contributed by atoms with Gasteiger partial charge in [-0.05, 0) is 60.4 Å². The zero-order valence-corrected chi connectivity index (χ0v) is 17.0. The topological polar surface area (TPSA) is 35.9 Å². The van der Waals surface area contributed by atoms with Crippen molar-refractivity contribution in [1.82, 2.24) is 9.91 Å². The number of piperidine rings is 1.